The summed E-state index contributed by atoms with van der Waals surface area (Å²) in [5.74, 6) is 0. The van der Waals surface area contributed by atoms with E-state index in [4.69, 9.17) is 9.47 Å². The fourth-order valence-electron chi connectivity index (χ4n) is 2.26. The first kappa shape index (κ1) is 13.5. The molecular weight excluding hydrogens is 298 g/mol. The molecule has 0 aliphatic carbocycles. The van der Waals surface area contributed by atoms with Gasteiger partial charge < -0.3 is 9.47 Å². The van der Waals surface area contributed by atoms with Crippen molar-refractivity contribution >= 4 is 11.3 Å². The van der Waals surface area contributed by atoms with Gasteiger partial charge in [-0.25, -0.2) is 9.97 Å². The molecule has 0 aromatic carbocycles. The Labute approximate surface area is 131 Å². The van der Waals surface area contributed by atoms with Gasteiger partial charge in [-0.2, -0.15) is 0 Å². The van der Waals surface area contributed by atoms with E-state index in [0.717, 1.165) is 26.8 Å². The monoisotopic (exact) mass is 311 g/mol. The molecule has 6 heteroatoms. The first-order valence-electron chi connectivity index (χ1n) is 6.97. The summed E-state index contributed by atoms with van der Waals surface area (Å²) in [5.41, 5.74) is 2.69. The van der Waals surface area contributed by atoms with Crippen LogP contribution in [0.3, 0.4) is 0 Å². The van der Waals surface area contributed by atoms with Crippen LogP contribution in [0.1, 0.15) is 12.0 Å². The molecule has 3 aromatic heterocycles. The van der Waals surface area contributed by atoms with Crippen molar-refractivity contribution in [2.24, 2.45) is 0 Å². The third kappa shape index (κ3) is 2.64. The number of thiazole rings is 1. The molecule has 22 heavy (non-hydrogen) atoms. The molecule has 0 amide bonds. The van der Waals surface area contributed by atoms with E-state index < -0.39 is 0 Å². The topological polar surface area (TPSA) is 57.1 Å². The van der Waals surface area contributed by atoms with Crippen LogP contribution in [0, 0.1) is 0 Å². The van der Waals surface area contributed by atoms with E-state index in [1.807, 2.05) is 42.7 Å². The molecule has 5 nitrogen and oxygen atoms in total. The van der Waals surface area contributed by atoms with Crippen molar-refractivity contribution in [1.82, 2.24) is 15.0 Å². The molecular formula is C16H13N3O2S. The highest BCUT2D eigenvalue weighted by molar-refractivity contribution is 7.18. The number of nitrogens with zero attached hydrogens (tertiary/aromatic N) is 3. The lowest BCUT2D eigenvalue weighted by molar-refractivity contribution is -0.0472. The summed E-state index contributed by atoms with van der Waals surface area (Å²) in [6.45, 7) is 1.23. The minimum absolute atomic E-state index is 0.356. The fourth-order valence-corrected chi connectivity index (χ4v) is 3.14. The second-order valence-corrected chi connectivity index (χ2v) is 5.82. The van der Waals surface area contributed by atoms with E-state index in [9.17, 15) is 0 Å². The predicted molar refractivity (Wildman–Crippen MR) is 83.2 cm³/mol. The normalized spacial score (nSPS) is 15.3. The average Bonchev–Trinajstić information content (AvgIpc) is 3.28. The summed E-state index contributed by atoms with van der Waals surface area (Å²) in [6, 6.07) is 9.76. The molecule has 4 heterocycles. The van der Waals surface area contributed by atoms with Crippen LogP contribution in [-0.4, -0.2) is 28.2 Å². The van der Waals surface area contributed by atoms with E-state index in [-0.39, 0.29) is 6.29 Å². The molecule has 110 valence electrons. The Morgan fingerprint density at radius 2 is 1.95 bits per heavy atom. The highest BCUT2D eigenvalue weighted by Crippen LogP contribution is 2.31. The largest absolute Gasteiger partial charge is 0.345 e. The van der Waals surface area contributed by atoms with Gasteiger partial charge in [-0.1, -0.05) is 6.07 Å². The molecule has 0 atom stereocenters. The van der Waals surface area contributed by atoms with Gasteiger partial charge in [0, 0.05) is 24.2 Å². The van der Waals surface area contributed by atoms with Crippen molar-refractivity contribution in [3.8, 4) is 21.1 Å². The molecule has 1 aliphatic heterocycles. The fraction of sp³-hybridized carbons (Fsp3) is 0.188. The van der Waals surface area contributed by atoms with Gasteiger partial charge in [0.2, 0.25) is 6.29 Å². The predicted octanol–water partition coefficient (Wildman–Crippen LogP) is 3.31. The molecule has 0 radical (unpaired) electrons. The number of pyridine rings is 2. The van der Waals surface area contributed by atoms with Crippen molar-refractivity contribution in [2.75, 3.05) is 13.2 Å². The maximum Gasteiger partial charge on any atom is 0.201 e. The van der Waals surface area contributed by atoms with Crippen LogP contribution in [0.25, 0.3) is 21.1 Å². The van der Waals surface area contributed by atoms with E-state index in [1.54, 1.807) is 17.5 Å². The summed E-state index contributed by atoms with van der Waals surface area (Å²) >= 11 is 1.60. The van der Waals surface area contributed by atoms with Gasteiger partial charge in [0.15, 0.2) is 0 Å². The molecule has 0 spiro atoms. The second kappa shape index (κ2) is 5.92. The summed E-state index contributed by atoms with van der Waals surface area (Å²) in [6.07, 6.45) is 5.05. The zero-order chi connectivity index (χ0) is 14.8. The number of aromatic nitrogens is 3. The van der Waals surface area contributed by atoms with Gasteiger partial charge in [0.1, 0.15) is 5.01 Å². The van der Waals surface area contributed by atoms with Crippen LogP contribution in [-0.2, 0) is 9.47 Å². The molecule has 0 N–H and O–H groups in total. The maximum atomic E-state index is 5.50. The molecule has 0 bridgehead atoms. The van der Waals surface area contributed by atoms with Gasteiger partial charge in [-0.15, -0.1) is 11.3 Å². The third-order valence-corrected chi connectivity index (χ3v) is 4.37. The summed E-state index contributed by atoms with van der Waals surface area (Å²) in [4.78, 5) is 14.2. The first-order valence-corrected chi connectivity index (χ1v) is 7.78. The smallest absolute Gasteiger partial charge is 0.201 e. The standard InChI is InChI=1S/C16H13N3O2S/c1-4-12(19-13(5-1)16-20-7-8-21-16)14-10-18-15(22-14)11-3-2-6-17-9-11/h1-6,9-10,16H,7-8H2. The Morgan fingerprint density at radius 1 is 1.05 bits per heavy atom. The summed E-state index contributed by atoms with van der Waals surface area (Å²) in [5, 5.41) is 0.934. The Morgan fingerprint density at radius 3 is 2.77 bits per heavy atom. The third-order valence-electron chi connectivity index (χ3n) is 3.30. The molecule has 0 saturated carbocycles. The minimum atomic E-state index is -0.356. The lowest BCUT2D eigenvalue weighted by atomic mass is 10.2. The molecule has 1 aliphatic rings. The van der Waals surface area contributed by atoms with Crippen molar-refractivity contribution in [1.29, 1.82) is 0 Å². The number of rotatable bonds is 3. The Hall–Kier alpha value is -2.15. The van der Waals surface area contributed by atoms with E-state index in [2.05, 4.69) is 15.0 Å². The second-order valence-electron chi connectivity index (χ2n) is 4.79. The van der Waals surface area contributed by atoms with Gasteiger partial charge in [0.05, 0.1) is 29.5 Å². The first-order chi connectivity index (χ1) is 10.9. The van der Waals surface area contributed by atoms with Gasteiger partial charge >= 0.3 is 0 Å². The Bertz CT molecular complexity index is 770. The lowest BCUT2D eigenvalue weighted by Crippen LogP contribution is -2.01. The van der Waals surface area contributed by atoms with Crippen LogP contribution >= 0.6 is 11.3 Å². The van der Waals surface area contributed by atoms with Gasteiger partial charge in [-0.05, 0) is 24.3 Å². The molecule has 0 unspecified atom stereocenters. The van der Waals surface area contributed by atoms with Gasteiger partial charge in [0.25, 0.3) is 0 Å². The quantitative estimate of drug-likeness (QED) is 0.742. The number of hydrogen-bond acceptors (Lipinski definition) is 6. The minimum Gasteiger partial charge on any atom is -0.345 e. The van der Waals surface area contributed by atoms with Crippen molar-refractivity contribution in [2.45, 2.75) is 6.29 Å². The van der Waals surface area contributed by atoms with E-state index in [1.165, 1.54) is 0 Å². The zero-order valence-electron chi connectivity index (χ0n) is 11.7. The molecule has 1 saturated heterocycles. The van der Waals surface area contributed by atoms with E-state index >= 15 is 0 Å². The van der Waals surface area contributed by atoms with Crippen LogP contribution in [0.4, 0.5) is 0 Å². The Kier molecular flexibility index (Phi) is 3.64. The Balaban J connectivity index is 1.65. The lowest BCUT2D eigenvalue weighted by Gasteiger charge is -2.08. The van der Waals surface area contributed by atoms with Crippen LogP contribution in [0.2, 0.25) is 0 Å². The van der Waals surface area contributed by atoms with Crippen LogP contribution in [0.15, 0.2) is 48.9 Å². The maximum absolute atomic E-state index is 5.50. The van der Waals surface area contributed by atoms with Crippen LogP contribution in [0.5, 0.6) is 0 Å². The highest BCUT2D eigenvalue weighted by Gasteiger charge is 2.20. The van der Waals surface area contributed by atoms with Gasteiger partial charge in [-0.3, -0.25) is 4.98 Å². The van der Waals surface area contributed by atoms with Crippen LogP contribution < -0.4 is 0 Å². The summed E-state index contributed by atoms with van der Waals surface area (Å²) in [7, 11) is 0. The number of hydrogen-bond donors (Lipinski definition) is 0. The molecule has 4 rings (SSSR count). The highest BCUT2D eigenvalue weighted by atomic mass is 32.1. The van der Waals surface area contributed by atoms with Crippen molar-refractivity contribution in [3.05, 3.63) is 54.6 Å². The van der Waals surface area contributed by atoms with E-state index in [0.29, 0.717) is 13.2 Å². The molecule has 3 aromatic rings. The van der Waals surface area contributed by atoms with Crippen molar-refractivity contribution < 1.29 is 9.47 Å². The number of ether oxygens (including phenoxy) is 2. The zero-order valence-corrected chi connectivity index (χ0v) is 12.5. The SMILES string of the molecule is c1cncc(-c2ncc(-c3cccc(C4OCCO4)n3)s2)c1. The average molecular weight is 311 g/mol. The molecule has 1 fully saturated rings. The summed E-state index contributed by atoms with van der Waals surface area (Å²) < 4.78 is 11.0. The van der Waals surface area contributed by atoms with Crippen molar-refractivity contribution in [3.63, 3.8) is 0 Å².